The molecule has 0 unspecified atom stereocenters. The van der Waals surface area contributed by atoms with Gasteiger partial charge in [-0.15, -0.1) is 0 Å². The molecular formula is C26H23ClF5N7O2. The van der Waals surface area contributed by atoms with Crippen molar-refractivity contribution < 1.29 is 31.4 Å². The second kappa shape index (κ2) is 10.7. The molecule has 0 fully saturated rings. The summed E-state index contributed by atoms with van der Waals surface area (Å²) in [6.07, 6.45) is -3.40. The standard InChI is InChI=1S/C26H23ClF5N7O2/c1-11-10-14(33)36-20(17(11)26(30,31)32)15-18(27)22-16-21(19(15)29)37-25(41-8-5-28)38-24(16)39(7-9-40-22)12(2)13-4-3-6-35-23(13)34/h3-4,6,10,12H,5,7-9H2,1-2H3,(H2,33,36)(H2,34,35)/t12-/m1/s1. The lowest BCUT2D eigenvalue weighted by Gasteiger charge is -2.30. The highest BCUT2D eigenvalue weighted by atomic mass is 35.5. The van der Waals surface area contributed by atoms with Crippen LogP contribution in [0.3, 0.4) is 0 Å². The molecule has 0 amide bonds. The first-order valence-corrected chi connectivity index (χ1v) is 12.7. The number of anilines is 3. The summed E-state index contributed by atoms with van der Waals surface area (Å²) < 4.78 is 83.2. The van der Waals surface area contributed by atoms with Crippen LogP contribution >= 0.6 is 11.6 Å². The second-order valence-corrected chi connectivity index (χ2v) is 9.58. The average Bonchev–Trinajstić information content (AvgIpc) is 3.09. The van der Waals surface area contributed by atoms with Crippen molar-refractivity contribution >= 4 is 40.0 Å². The summed E-state index contributed by atoms with van der Waals surface area (Å²) in [5.41, 5.74) is 8.97. The van der Waals surface area contributed by atoms with E-state index in [2.05, 4.69) is 19.9 Å². The first-order valence-electron chi connectivity index (χ1n) is 12.3. The van der Waals surface area contributed by atoms with Crippen LogP contribution in [-0.4, -0.2) is 46.4 Å². The summed E-state index contributed by atoms with van der Waals surface area (Å²) >= 11 is 6.63. The van der Waals surface area contributed by atoms with Crippen LogP contribution in [-0.2, 0) is 6.18 Å². The van der Waals surface area contributed by atoms with E-state index in [0.29, 0.717) is 5.56 Å². The van der Waals surface area contributed by atoms with Crippen LogP contribution in [0.25, 0.3) is 22.2 Å². The Balaban J connectivity index is 1.85. The van der Waals surface area contributed by atoms with Crippen LogP contribution in [0.4, 0.5) is 39.4 Å². The Labute approximate surface area is 235 Å². The number of aryl methyl sites for hydroxylation is 1. The topological polar surface area (TPSA) is 125 Å². The second-order valence-electron chi connectivity index (χ2n) is 9.20. The van der Waals surface area contributed by atoms with E-state index in [1.54, 1.807) is 24.0 Å². The summed E-state index contributed by atoms with van der Waals surface area (Å²) in [4.78, 5) is 18.1. The SMILES string of the molecule is Cc1cc(N)nc(-c2c(Cl)c3c4c(nc(OCCF)nc4c2F)N([C@H](C)c2cccnc2N)CCO3)c1C(F)(F)F. The van der Waals surface area contributed by atoms with Crippen molar-refractivity contribution in [1.82, 2.24) is 19.9 Å². The average molecular weight is 596 g/mol. The first kappa shape index (κ1) is 28.3. The number of alkyl halides is 4. The largest absolute Gasteiger partial charge is 0.489 e. The van der Waals surface area contributed by atoms with E-state index >= 15 is 4.39 Å². The zero-order chi connectivity index (χ0) is 29.6. The van der Waals surface area contributed by atoms with Crippen molar-refractivity contribution in [2.24, 2.45) is 0 Å². The van der Waals surface area contributed by atoms with Crippen LogP contribution < -0.4 is 25.8 Å². The number of benzene rings is 1. The third-order valence-corrected chi connectivity index (χ3v) is 7.01. The van der Waals surface area contributed by atoms with E-state index in [1.165, 1.54) is 13.1 Å². The number of nitrogens with zero attached hydrogens (tertiary/aromatic N) is 5. The lowest BCUT2D eigenvalue weighted by molar-refractivity contribution is -0.137. The fourth-order valence-electron chi connectivity index (χ4n) is 4.90. The highest BCUT2D eigenvalue weighted by molar-refractivity contribution is 6.36. The molecule has 1 aliphatic heterocycles. The molecule has 15 heteroatoms. The molecule has 1 aliphatic rings. The molecule has 0 saturated heterocycles. The van der Waals surface area contributed by atoms with E-state index in [0.717, 1.165) is 6.07 Å². The molecule has 216 valence electrons. The molecule has 0 spiro atoms. The quantitative estimate of drug-likeness (QED) is 0.271. The maximum Gasteiger partial charge on any atom is 0.418 e. The lowest BCUT2D eigenvalue weighted by atomic mass is 9.98. The van der Waals surface area contributed by atoms with Crippen molar-refractivity contribution in [1.29, 1.82) is 0 Å². The highest BCUT2D eigenvalue weighted by Gasteiger charge is 2.40. The predicted molar refractivity (Wildman–Crippen MR) is 143 cm³/mol. The zero-order valence-corrected chi connectivity index (χ0v) is 22.4. The van der Waals surface area contributed by atoms with Crippen LogP contribution in [0.5, 0.6) is 11.8 Å². The number of nitrogen functional groups attached to an aromatic ring is 2. The molecule has 4 N–H and O–H groups in total. The summed E-state index contributed by atoms with van der Waals surface area (Å²) in [5, 5.41) is -0.500. The molecule has 1 atom stereocenters. The molecular weight excluding hydrogens is 573 g/mol. The van der Waals surface area contributed by atoms with E-state index < -0.39 is 64.7 Å². The number of hydrogen-bond donors (Lipinski definition) is 2. The number of pyridine rings is 2. The van der Waals surface area contributed by atoms with Gasteiger partial charge in [-0.3, -0.25) is 0 Å². The number of aromatic nitrogens is 4. The molecule has 5 rings (SSSR count). The van der Waals surface area contributed by atoms with Crippen molar-refractivity contribution in [3.05, 3.63) is 51.9 Å². The molecule has 9 nitrogen and oxygen atoms in total. The first-order chi connectivity index (χ1) is 19.4. The van der Waals surface area contributed by atoms with Crippen molar-refractivity contribution in [2.45, 2.75) is 26.1 Å². The molecule has 4 heterocycles. The maximum atomic E-state index is 16.5. The van der Waals surface area contributed by atoms with Gasteiger partial charge in [-0.1, -0.05) is 17.7 Å². The molecule has 0 bridgehead atoms. The van der Waals surface area contributed by atoms with Crippen LogP contribution in [0.2, 0.25) is 5.02 Å². The molecule has 0 radical (unpaired) electrons. The maximum absolute atomic E-state index is 16.5. The van der Waals surface area contributed by atoms with Gasteiger partial charge in [0.15, 0.2) is 11.6 Å². The Morgan fingerprint density at radius 3 is 2.66 bits per heavy atom. The van der Waals surface area contributed by atoms with Gasteiger partial charge in [-0.05, 0) is 31.5 Å². The van der Waals surface area contributed by atoms with Gasteiger partial charge in [0.05, 0.1) is 39.8 Å². The van der Waals surface area contributed by atoms with Gasteiger partial charge in [0.1, 0.15) is 42.9 Å². The van der Waals surface area contributed by atoms with Crippen LogP contribution in [0.15, 0.2) is 24.4 Å². The van der Waals surface area contributed by atoms with Gasteiger partial charge in [-0.2, -0.15) is 23.1 Å². The number of hydrogen-bond acceptors (Lipinski definition) is 9. The Bertz CT molecular complexity index is 1650. The van der Waals surface area contributed by atoms with Gasteiger partial charge in [-0.25, -0.2) is 18.7 Å². The van der Waals surface area contributed by atoms with E-state index in [-0.39, 0.29) is 47.3 Å². The summed E-state index contributed by atoms with van der Waals surface area (Å²) in [5.74, 6) is -1.35. The van der Waals surface area contributed by atoms with E-state index in [1.807, 2.05) is 0 Å². The summed E-state index contributed by atoms with van der Waals surface area (Å²) in [6, 6.07) is 3.56. The third kappa shape index (κ3) is 4.96. The Hall–Kier alpha value is -4.20. The van der Waals surface area contributed by atoms with Crippen molar-refractivity contribution in [3.8, 4) is 23.0 Å². The smallest absolute Gasteiger partial charge is 0.418 e. The summed E-state index contributed by atoms with van der Waals surface area (Å²) in [6.45, 7) is 1.76. The molecule has 3 aromatic heterocycles. The number of halogens is 6. The molecule has 41 heavy (non-hydrogen) atoms. The van der Waals surface area contributed by atoms with Gasteiger partial charge in [0, 0.05) is 11.8 Å². The Morgan fingerprint density at radius 2 is 1.98 bits per heavy atom. The van der Waals surface area contributed by atoms with Crippen LogP contribution in [0.1, 0.15) is 29.7 Å². The Kier molecular flexibility index (Phi) is 7.36. The van der Waals surface area contributed by atoms with Gasteiger partial charge < -0.3 is 25.8 Å². The number of ether oxygens (including phenoxy) is 2. The fraction of sp³-hybridized carbons (Fsp3) is 0.308. The van der Waals surface area contributed by atoms with Gasteiger partial charge in [0.25, 0.3) is 0 Å². The Morgan fingerprint density at radius 1 is 1.22 bits per heavy atom. The highest BCUT2D eigenvalue weighted by Crippen LogP contribution is 2.50. The van der Waals surface area contributed by atoms with Gasteiger partial charge in [0.2, 0.25) is 0 Å². The minimum Gasteiger partial charge on any atom is -0.489 e. The van der Waals surface area contributed by atoms with Gasteiger partial charge >= 0.3 is 12.2 Å². The zero-order valence-electron chi connectivity index (χ0n) is 21.7. The van der Waals surface area contributed by atoms with E-state index in [4.69, 9.17) is 32.5 Å². The minimum atomic E-state index is -4.93. The van der Waals surface area contributed by atoms with Crippen molar-refractivity contribution in [3.63, 3.8) is 0 Å². The predicted octanol–water partition coefficient (Wildman–Crippen LogP) is 5.68. The third-order valence-electron chi connectivity index (χ3n) is 6.65. The molecule has 1 aromatic carbocycles. The molecule has 0 saturated carbocycles. The number of rotatable bonds is 6. The molecule has 4 aromatic rings. The normalized spacial score (nSPS) is 14.1. The molecule has 0 aliphatic carbocycles. The summed E-state index contributed by atoms with van der Waals surface area (Å²) in [7, 11) is 0. The fourth-order valence-corrected chi connectivity index (χ4v) is 5.22. The van der Waals surface area contributed by atoms with Crippen LogP contribution in [0, 0.1) is 12.7 Å². The number of nitrogens with two attached hydrogens (primary N) is 2. The minimum absolute atomic E-state index is 0.0233. The van der Waals surface area contributed by atoms with E-state index in [9.17, 15) is 17.6 Å². The lowest BCUT2D eigenvalue weighted by Crippen LogP contribution is -2.31. The van der Waals surface area contributed by atoms with Crippen molar-refractivity contribution in [2.75, 3.05) is 42.8 Å². The monoisotopic (exact) mass is 595 g/mol.